The predicted molar refractivity (Wildman–Crippen MR) is 73.2 cm³/mol. The van der Waals surface area contributed by atoms with Gasteiger partial charge in [0.15, 0.2) is 0 Å². The van der Waals surface area contributed by atoms with Crippen LogP contribution in [0.4, 0.5) is 10.5 Å². The van der Waals surface area contributed by atoms with Gasteiger partial charge in [0, 0.05) is 19.8 Å². The van der Waals surface area contributed by atoms with Gasteiger partial charge in [-0.2, -0.15) is 5.10 Å². The van der Waals surface area contributed by atoms with Gasteiger partial charge in [-0.25, -0.2) is 4.79 Å². The molecule has 19 heavy (non-hydrogen) atoms. The maximum Gasteiger partial charge on any atom is 0.322 e. The van der Waals surface area contributed by atoms with E-state index in [-0.39, 0.29) is 18.2 Å². The highest BCUT2D eigenvalue weighted by molar-refractivity contribution is 5.90. The normalized spacial score (nSPS) is 23.5. The minimum Gasteiger partial charge on any atom is -0.375 e. The lowest BCUT2D eigenvalue weighted by Gasteiger charge is -2.37. The van der Waals surface area contributed by atoms with Crippen molar-refractivity contribution < 1.29 is 9.53 Å². The van der Waals surface area contributed by atoms with Gasteiger partial charge in [-0.3, -0.25) is 4.68 Å². The third-order valence-electron chi connectivity index (χ3n) is 3.63. The van der Waals surface area contributed by atoms with Crippen molar-refractivity contribution in [1.82, 2.24) is 14.7 Å². The monoisotopic (exact) mass is 266 g/mol. The molecule has 0 saturated carbocycles. The number of anilines is 1. The first-order valence-corrected chi connectivity index (χ1v) is 6.74. The molecular formula is C13H22N4O2. The lowest BCUT2D eigenvalue weighted by atomic mass is 10.1. The number of hydrogen-bond donors (Lipinski definition) is 1. The summed E-state index contributed by atoms with van der Waals surface area (Å²) in [6, 6.07) is 0.000785. The van der Waals surface area contributed by atoms with Crippen LogP contribution in [0.15, 0.2) is 6.20 Å². The molecule has 6 heteroatoms. The second-order valence-electron chi connectivity index (χ2n) is 4.96. The van der Waals surface area contributed by atoms with Crippen molar-refractivity contribution in [2.75, 3.05) is 18.5 Å². The standard InChI is InChI=1S/C13H22N4O2/c1-5-11-12(8-16(4)15-11)14-13(18)17-6-7-19-10(3)9(17)2/h8-10H,5-7H2,1-4H3,(H,14,18)/t9-,10-/m1/s1. The average molecular weight is 266 g/mol. The molecule has 2 rings (SSSR count). The summed E-state index contributed by atoms with van der Waals surface area (Å²) in [4.78, 5) is 14.1. The topological polar surface area (TPSA) is 59.4 Å². The van der Waals surface area contributed by atoms with Gasteiger partial charge >= 0.3 is 6.03 Å². The van der Waals surface area contributed by atoms with Crippen molar-refractivity contribution in [1.29, 1.82) is 0 Å². The molecule has 1 fully saturated rings. The highest BCUT2D eigenvalue weighted by Gasteiger charge is 2.29. The summed E-state index contributed by atoms with van der Waals surface area (Å²) in [6.07, 6.45) is 2.70. The van der Waals surface area contributed by atoms with Crippen molar-refractivity contribution in [3.8, 4) is 0 Å². The number of nitrogens with one attached hydrogen (secondary N) is 1. The number of nitrogens with zero attached hydrogens (tertiary/aromatic N) is 3. The third-order valence-corrected chi connectivity index (χ3v) is 3.63. The number of aryl methyl sites for hydroxylation is 2. The van der Waals surface area contributed by atoms with E-state index in [4.69, 9.17) is 4.74 Å². The summed E-state index contributed by atoms with van der Waals surface area (Å²) in [6.45, 7) is 7.24. The maximum absolute atomic E-state index is 12.3. The quantitative estimate of drug-likeness (QED) is 0.885. The fourth-order valence-corrected chi connectivity index (χ4v) is 2.31. The Labute approximate surface area is 113 Å². The van der Waals surface area contributed by atoms with Gasteiger partial charge in [0.2, 0.25) is 0 Å². The van der Waals surface area contributed by atoms with Gasteiger partial charge in [0.1, 0.15) is 0 Å². The number of rotatable bonds is 2. The molecular weight excluding hydrogens is 244 g/mol. The maximum atomic E-state index is 12.3. The van der Waals surface area contributed by atoms with Crippen LogP contribution in [0.3, 0.4) is 0 Å². The first-order chi connectivity index (χ1) is 9.02. The molecule has 1 aliphatic rings. The Balaban J connectivity index is 2.07. The summed E-state index contributed by atoms with van der Waals surface area (Å²) in [5.74, 6) is 0. The molecule has 2 heterocycles. The Morgan fingerprint density at radius 1 is 1.58 bits per heavy atom. The fourth-order valence-electron chi connectivity index (χ4n) is 2.31. The number of morpholine rings is 1. The van der Waals surface area contributed by atoms with E-state index in [2.05, 4.69) is 10.4 Å². The van der Waals surface area contributed by atoms with E-state index in [9.17, 15) is 4.79 Å². The van der Waals surface area contributed by atoms with Crippen molar-refractivity contribution in [3.05, 3.63) is 11.9 Å². The Morgan fingerprint density at radius 2 is 2.32 bits per heavy atom. The van der Waals surface area contributed by atoms with Crippen LogP contribution < -0.4 is 5.32 Å². The smallest absolute Gasteiger partial charge is 0.322 e. The van der Waals surface area contributed by atoms with Gasteiger partial charge in [0.05, 0.1) is 30.1 Å². The van der Waals surface area contributed by atoms with Crippen LogP contribution in [0, 0.1) is 0 Å². The van der Waals surface area contributed by atoms with E-state index < -0.39 is 0 Å². The van der Waals surface area contributed by atoms with Gasteiger partial charge in [0.25, 0.3) is 0 Å². The highest BCUT2D eigenvalue weighted by atomic mass is 16.5. The molecule has 0 spiro atoms. The minimum absolute atomic E-state index is 0.0686. The number of ether oxygens (including phenoxy) is 1. The number of carbonyl (C=O) groups excluding carboxylic acids is 1. The molecule has 0 unspecified atom stereocenters. The molecule has 6 nitrogen and oxygen atoms in total. The molecule has 0 radical (unpaired) electrons. The van der Waals surface area contributed by atoms with Gasteiger partial charge < -0.3 is 15.0 Å². The van der Waals surface area contributed by atoms with Crippen LogP contribution in [0.2, 0.25) is 0 Å². The lowest BCUT2D eigenvalue weighted by Crippen LogP contribution is -2.52. The summed E-state index contributed by atoms with van der Waals surface area (Å²) >= 11 is 0. The van der Waals surface area contributed by atoms with Gasteiger partial charge in [-0.1, -0.05) is 6.92 Å². The number of aromatic nitrogens is 2. The zero-order valence-electron chi connectivity index (χ0n) is 12.0. The molecule has 2 atom stereocenters. The van der Waals surface area contributed by atoms with Gasteiger partial charge in [-0.05, 0) is 20.3 Å². The Bertz CT molecular complexity index is 457. The van der Waals surface area contributed by atoms with E-state index in [1.807, 2.05) is 38.9 Å². The summed E-state index contributed by atoms with van der Waals surface area (Å²) in [7, 11) is 1.86. The Morgan fingerprint density at radius 3 is 3.00 bits per heavy atom. The number of amides is 2. The molecule has 1 aromatic rings. The SMILES string of the molecule is CCc1nn(C)cc1NC(=O)N1CCO[C@H](C)[C@H]1C. The van der Waals surface area contributed by atoms with E-state index >= 15 is 0 Å². The predicted octanol–water partition coefficient (Wildman–Crippen LogP) is 1.62. The van der Waals surface area contributed by atoms with E-state index in [1.165, 1.54) is 0 Å². The Kier molecular flexibility index (Phi) is 4.09. The van der Waals surface area contributed by atoms with Crippen LogP contribution >= 0.6 is 0 Å². The molecule has 106 valence electrons. The largest absolute Gasteiger partial charge is 0.375 e. The molecule has 0 aromatic carbocycles. The van der Waals surface area contributed by atoms with Crippen LogP contribution in [0.25, 0.3) is 0 Å². The lowest BCUT2D eigenvalue weighted by molar-refractivity contribution is -0.0355. The van der Waals surface area contributed by atoms with Crippen LogP contribution in [0.1, 0.15) is 26.5 Å². The molecule has 1 aliphatic heterocycles. The van der Waals surface area contributed by atoms with Crippen LogP contribution in [-0.2, 0) is 18.2 Å². The van der Waals surface area contributed by atoms with Gasteiger partial charge in [-0.15, -0.1) is 0 Å². The average Bonchev–Trinajstić information content (AvgIpc) is 2.72. The zero-order valence-corrected chi connectivity index (χ0v) is 12.0. The first-order valence-electron chi connectivity index (χ1n) is 6.74. The molecule has 0 bridgehead atoms. The van der Waals surface area contributed by atoms with Crippen molar-refractivity contribution in [3.63, 3.8) is 0 Å². The second-order valence-corrected chi connectivity index (χ2v) is 4.96. The van der Waals surface area contributed by atoms with Crippen molar-refractivity contribution in [2.24, 2.45) is 7.05 Å². The summed E-state index contributed by atoms with van der Waals surface area (Å²) in [5.41, 5.74) is 1.70. The van der Waals surface area contributed by atoms with E-state index in [0.29, 0.717) is 13.2 Å². The molecule has 2 amide bonds. The Hall–Kier alpha value is -1.56. The molecule has 1 N–H and O–H groups in total. The third kappa shape index (κ3) is 2.89. The fraction of sp³-hybridized carbons (Fsp3) is 0.692. The highest BCUT2D eigenvalue weighted by Crippen LogP contribution is 2.18. The van der Waals surface area contributed by atoms with Crippen molar-refractivity contribution in [2.45, 2.75) is 39.3 Å². The molecule has 1 aromatic heterocycles. The van der Waals surface area contributed by atoms with Crippen LogP contribution in [0.5, 0.6) is 0 Å². The van der Waals surface area contributed by atoms with Crippen molar-refractivity contribution >= 4 is 11.7 Å². The summed E-state index contributed by atoms with van der Waals surface area (Å²) < 4.78 is 7.25. The van der Waals surface area contributed by atoms with E-state index in [0.717, 1.165) is 17.8 Å². The molecule has 1 saturated heterocycles. The number of carbonyl (C=O) groups is 1. The number of hydrogen-bond acceptors (Lipinski definition) is 3. The van der Waals surface area contributed by atoms with Crippen LogP contribution in [-0.4, -0.2) is 46.0 Å². The zero-order chi connectivity index (χ0) is 14.0. The first kappa shape index (κ1) is 13.9. The second kappa shape index (κ2) is 5.61. The summed E-state index contributed by atoms with van der Waals surface area (Å²) in [5, 5.41) is 7.27. The molecule has 0 aliphatic carbocycles. The number of urea groups is 1. The van der Waals surface area contributed by atoms with E-state index in [1.54, 1.807) is 4.68 Å². The minimum atomic E-state index is -0.0784.